The van der Waals surface area contributed by atoms with Gasteiger partial charge in [-0.05, 0) is 18.6 Å². The largest absolute Gasteiger partial charge is 0.493 e. The molecule has 1 heterocycles. The summed E-state index contributed by atoms with van der Waals surface area (Å²) in [7, 11) is 1.67. The van der Waals surface area contributed by atoms with E-state index in [2.05, 4.69) is 5.32 Å². The molecule has 0 amide bonds. The van der Waals surface area contributed by atoms with Crippen LogP contribution in [0.3, 0.4) is 0 Å². The zero-order chi connectivity index (χ0) is 9.97. The van der Waals surface area contributed by atoms with E-state index >= 15 is 0 Å². The number of ether oxygens (including phenoxy) is 2. The fraction of sp³-hybridized carbons (Fsp3) is 0.455. The van der Waals surface area contributed by atoms with Gasteiger partial charge in [-0.25, -0.2) is 0 Å². The highest BCUT2D eigenvalue weighted by Crippen LogP contribution is 2.31. The second kappa shape index (κ2) is 3.88. The fourth-order valence-corrected chi connectivity index (χ4v) is 1.51. The summed E-state index contributed by atoms with van der Waals surface area (Å²) in [6.45, 7) is 3.87. The minimum Gasteiger partial charge on any atom is -0.493 e. The zero-order valence-electron chi connectivity index (χ0n) is 8.54. The SMILES string of the molecule is COc1c(C)cccc1OC1CNC1. The molecule has 0 aliphatic carbocycles. The van der Waals surface area contributed by atoms with Crippen LogP contribution in [-0.4, -0.2) is 26.3 Å². The Balaban J connectivity index is 2.17. The van der Waals surface area contributed by atoms with Gasteiger partial charge in [0, 0.05) is 13.1 Å². The van der Waals surface area contributed by atoms with Crippen molar-refractivity contribution < 1.29 is 9.47 Å². The highest BCUT2D eigenvalue weighted by molar-refractivity contribution is 5.46. The number of rotatable bonds is 3. The second-order valence-corrected chi connectivity index (χ2v) is 3.50. The minimum absolute atomic E-state index is 0.297. The summed E-state index contributed by atoms with van der Waals surface area (Å²) in [6.07, 6.45) is 0.297. The van der Waals surface area contributed by atoms with Gasteiger partial charge >= 0.3 is 0 Å². The molecule has 1 aliphatic rings. The molecule has 76 valence electrons. The smallest absolute Gasteiger partial charge is 0.163 e. The summed E-state index contributed by atoms with van der Waals surface area (Å²) < 4.78 is 11.1. The molecule has 0 spiro atoms. The number of hydrogen-bond acceptors (Lipinski definition) is 3. The average molecular weight is 193 g/mol. The third-order valence-electron chi connectivity index (χ3n) is 2.42. The number of benzene rings is 1. The maximum Gasteiger partial charge on any atom is 0.163 e. The number of hydrogen-bond donors (Lipinski definition) is 1. The molecule has 3 heteroatoms. The van der Waals surface area contributed by atoms with Crippen LogP contribution in [0.4, 0.5) is 0 Å². The topological polar surface area (TPSA) is 30.5 Å². The van der Waals surface area contributed by atoms with Gasteiger partial charge in [0.25, 0.3) is 0 Å². The first-order valence-corrected chi connectivity index (χ1v) is 4.82. The van der Waals surface area contributed by atoms with Gasteiger partial charge in [0.1, 0.15) is 6.10 Å². The molecule has 1 aromatic rings. The van der Waals surface area contributed by atoms with Gasteiger partial charge in [-0.3, -0.25) is 0 Å². The van der Waals surface area contributed by atoms with Crippen LogP contribution in [0.15, 0.2) is 18.2 Å². The molecule has 3 nitrogen and oxygen atoms in total. The van der Waals surface area contributed by atoms with Crippen molar-refractivity contribution in [2.75, 3.05) is 20.2 Å². The lowest BCUT2D eigenvalue weighted by Gasteiger charge is -2.28. The van der Waals surface area contributed by atoms with E-state index in [1.807, 2.05) is 25.1 Å². The molecule has 14 heavy (non-hydrogen) atoms. The molecule has 2 rings (SSSR count). The molecule has 0 saturated carbocycles. The van der Waals surface area contributed by atoms with Crippen LogP contribution >= 0.6 is 0 Å². The molecule has 0 bridgehead atoms. The van der Waals surface area contributed by atoms with Crippen LogP contribution in [0.1, 0.15) is 5.56 Å². The van der Waals surface area contributed by atoms with Crippen LogP contribution in [0, 0.1) is 6.92 Å². The molecule has 1 aliphatic heterocycles. The summed E-state index contributed by atoms with van der Waals surface area (Å²) in [6, 6.07) is 5.95. The van der Waals surface area contributed by atoms with E-state index in [0.29, 0.717) is 6.10 Å². The van der Waals surface area contributed by atoms with Gasteiger partial charge in [-0.2, -0.15) is 0 Å². The number of methoxy groups -OCH3 is 1. The number of aryl methyl sites for hydroxylation is 1. The van der Waals surface area contributed by atoms with Crippen LogP contribution < -0.4 is 14.8 Å². The summed E-state index contributed by atoms with van der Waals surface area (Å²) >= 11 is 0. The van der Waals surface area contributed by atoms with Crippen LogP contribution in [-0.2, 0) is 0 Å². The highest BCUT2D eigenvalue weighted by Gasteiger charge is 2.20. The van der Waals surface area contributed by atoms with Crippen LogP contribution in [0.5, 0.6) is 11.5 Å². The van der Waals surface area contributed by atoms with Crippen LogP contribution in [0.25, 0.3) is 0 Å². The molecular weight excluding hydrogens is 178 g/mol. The van der Waals surface area contributed by atoms with Crippen molar-refractivity contribution in [1.29, 1.82) is 0 Å². The first-order chi connectivity index (χ1) is 6.81. The van der Waals surface area contributed by atoms with Crippen molar-refractivity contribution in [2.24, 2.45) is 0 Å². The first-order valence-electron chi connectivity index (χ1n) is 4.82. The second-order valence-electron chi connectivity index (χ2n) is 3.50. The standard InChI is InChI=1S/C11H15NO2/c1-8-4-3-5-10(11(8)13-2)14-9-6-12-7-9/h3-5,9,12H,6-7H2,1-2H3. The summed E-state index contributed by atoms with van der Waals surface area (Å²) in [5.41, 5.74) is 1.11. The molecule has 0 atom stereocenters. The van der Waals surface area contributed by atoms with Gasteiger partial charge in [0.2, 0.25) is 0 Å². The maximum atomic E-state index is 5.77. The molecule has 1 N–H and O–H groups in total. The Hall–Kier alpha value is -1.22. The number of para-hydroxylation sites is 1. The lowest BCUT2D eigenvalue weighted by atomic mass is 10.2. The summed E-state index contributed by atoms with van der Waals surface area (Å²) in [5.74, 6) is 1.69. The van der Waals surface area contributed by atoms with Crippen molar-refractivity contribution >= 4 is 0 Å². The zero-order valence-corrected chi connectivity index (χ0v) is 8.54. The van der Waals surface area contributed by atoms with Crippen molar-refractivity contribution in [3.05, 3.63) is 23.8 Å². The maximum absolute atomic E-state index is 5.77. The van der Waals surface area contributed by atoms with Crippen molar-refractivity contribution in [3.8, 4) is 11.5 Å². The number of nitrogens with one attached hydrogen (secondary N) is 1. The van der Waals surface area contributed by atoms with Crippen molar-refractivity contribution in [2.45, 2.75) is 13.0 Å². The summed E-state index contributed by atoms with van der Waals surface area (Å²) in [5, 5.41) is 3.17. The molecule has 1 saturated heterocycles. The molecule has 0 unspecified atom stereocenters. The van der Waals surface area contributed by atoms with E-state index in [1.165, 1.54) is 0 Å². The molecular formula is C11H15NO2. The molecule has 1 aromatic carbocycles. The van der Waals surface area contributed by atoms with Gasteiger partial charge in [-0.15, -0.1) is 0 Å². The normalized spacial score (nSPS) is 16.1. The Bertz CT molecular complexity index is 321. The Kier molecular flexibility index (Phi) is 2.59. The van der Waals surface area contributed by atoms with Crippen molar-refractivity contribution in [3.63, 3.8) is 0 Å². The van der Waals surface area contributed by atoms with E-state index < -0.39 is 0 Å². The Morgan fingerprint density at radius 3 is 2.71 bits per heavy atom. The quantitative estimate of drug-likeness (QED) is 0.786. The van der Waals surface area contributed by atoms with E-state index in [0.717, 1.165) is 30.2 Å². The lowest BCUT2D eigenvalue weighted by molar-refractivity contribution is 0.137. The van der Waals surface area contributed by atoms with E-state index in [-0.39, 0.29) is 0 Å². The first kappa shape index (κ1) is 9.34. The van der Waals surface area contributed by atoms with Crippen molar-refractivity contribution in [1.82, 2.24) is 5.32 Å². The Morgan fingerprint density at radius 2 is 2.14 bits per heavy atom. The van der Waals surface area contributed by atoms with E-state index in [4.69, 9.17) is 9.47 Å². The van der Waals surface area contributed by atoms with Gasteiger partial charge in [0.05, 0.1) is 7.11 Å². The van der Waals surface area contributed by atoms with Crippen LogP contribution in [0.2, 0.25) is 0 Å². The third-order valence-corrected chi connectivity index (χ3v) is 2.42. The molecule has 0 radical (unpaired) electrons. The molecule has 1 fully saturated rings. The lowest BCUT2D eigenvalue weighted by Crippen LogP contribution is -2.50. The predicted molar refractivity (Wildman–Crippen MR) is 55.0 cm³/mol. The fourth-order valence-electron chi connectivity index (χ4n) is 1.51. The van der Waals surface area contributed by atoms with E-state index in [9.17, 15) is 0 Å². The van der Waals surface area contributed by atoms with Gasteiger partial charge in [-0.1, -0.05) is 12.1 Å². The highest BCUT2D eigenvalue weighted by atomic mass is 16.5. The monoisotopic (exact) mass is 193 g/mol. The average Bonchev–Trinajstić information content (AvgIpc) is 2.11. The van der Waals surface area contributed by atoms with Gasteiger partial charge in [0.15, 0.2) is 11.5 Å². The van der Waals surface area contributed by atoms with E-state index in [1.54, 1.807) is 7.11 Å². The van der Waals surface area contributed by atoms with Gasteiger partial charge < -0.3 is 14.8 Å². The molecule has 0 aromatic heterocycles. The Morgan fingerprint density at radius 1 is 1.36 bits per heavy atom. The predicted octanol–water partition coefficient (Wildman–Crippen LogP) is 1.35. The third kappa shape index (κ3) is 1.68. The summed E-state index contributed by atoms with van der Waals surface area (Å²) in [4.78, 5) is 0. The Labute approximate surface area is 84.0 Å². The minimum atomic E-state index is 0.297.